The number of rotatable bonds is 7. The van der Waals surface area contributed by atoms with Crippen LogP contribution in [0.3, 0.4) is 0 Å². The highest BCUT2D eigenvalue weighted by Gasteiger charge is 2.45. The molecule has 0 aliphatic heterocycles. The van der Waals surface area contributed by atoms with Gasteiger partial charge in [0.2, 0.25) is 0 Å². The zero-order chi connectivity index (χ0) is 16.9. The summed E-state index contributed by atoms with van der Waals surface area (Å²) in [4.78, 5) is 23.3. The highest BCUT2D eigenvalue weighted by molar-refractivity contribution is 6.17. The van der Waals surface area contributed by atoms with Gasteiger partial charge in [-0.3, -0.25) is 4.79 Å². The number of halogens is 1. The fourth-order valence-electron chi connectivity index (χ4n) is 3.51. The molecule has 2 atom stereocenters. The summed E-state index contributed by atoms with van der Waals surface area (Å²) in [6.07, 6.45) is 4.62. The fourth-order valence-corrected chi connectivity index (χ4v) is 3.70. The molecule has 1 fully saturated rings. The SMILES string of the molecule is COC(=O)c1ccc(C2CCC(CCCCCl)(C(=O)O)C2)cc1. The van der Waals surface area contributed by atoms with E-state index < -0.39 is 11.4 Å². The molecule has 0 spiro atoms. The third-order valence-corrected chi connectivity index (χ3v) is 5.17. The van der Waals surface area contributed by atoms with Crippen molar-refractivity contribution in [1.82, 2.24) is 0 Å². The van der Waals surface area contributed by atoms with Crippen molar-refractivity contribution in [2.75, 3.05) is 13.0 Å². The van der Waals surface area contributed by atoms with E-state index in [4.69, 9.17) is 16.3 Å². The van der Waals surface area contributed by atoms with Crippen LogP contribution in [-0.4, -0.2) is 30.0 Å². The standard InChI is InChI=1S/C18H23ClO4/c1-23-16(20)14-6-4-13(5-7-14)15-8-10-18(12-15,17(21)22)9-2-3-11-19/h4-7,15H,2-3,8-12H2,1H3,(H,21,22). The minimum absolute atomic E-state index is 0.230. The predicted molar refractivity (Wildman–Crippen MR) is 89.0 cm³/mol. The van der Waals surface area contributed by atoms with Crippen molar-refractivity contribution in [2.24, 2.45) is 5.41 Å². The largest absolute Gasteiger partial charge is 0.481 e. The first-order chi connectivity index (χ1) is 11.0. The van der Waals surface area contributed by atoms with Crippen LogP contribution in [0.2, 0.25) is 0 Å². The van der Waals surface area contributed by atoms with Gasteiger partial charge in [-0.15, -0.1) is 11.6 Å². The van der Waals surface area contributed by atoms with Crippen molar-refractivity contribution >= 4 is 23.5 Å². The summed E-state index contributed by atoms with van der Waals surface area (Å²) >= 11 is 5.70. The van der Waals surface area contributed by atoms with Gasteiger partial charge in [0.05, 0.1) is 18.1 Å². The molecule has 1 saturated carbocycles. The molecule has 0 aromatic heterocycles. The zero-order valence-corrected chi connectivity index (χ0v) is 14.1. The number of carboxylic acids is 1. The second kappa shape index (κ2) is 7.82. The lowest BCUT2D eigenvalue weighted by Crippen LogP contribution is -2.28. The van der Waals surface area contributed by atoms with Crippen LogP contribution in [0.25, 0.3) is 0 Å². The van der Waals surface area contributed by atoms with Crippen molar-refractivity contribution in [3.63, 3.8) is 0 Å². The predicted octanol–water partition coefficient (Wildman–Crippen LogP) is 4.22. The molecule has 23 heavy (non-hydrogen) atoms. The summed E-state index contributed by atoms with van der Waals surface area (Å²) in [6, 6.07) is 7.31. The van der Waals surface area contributed by atoms with E-state index in [0.29, 0.717) is 30.7 Å². The third kappa shape index (κ3) is 4.05. The molecule has 4 nitrogen and oxygen atoms in total. The maximum atomic E-state index is 11.8. The minimum atomic E-state index is -0.694. The Morgan fingerprint density at radius 3 is 2.57 bits per heavy atom. The third-order valence-electron chi connectivity index (χ3n) is 4.90. The molecule has 126 valence electrons. The van der Waals surface area contributed by atoms with Gasteiger partial charge in [-0.2, -0.15) is 0 Å². The van der Waals surface area contributed by atoms with Gasteiger partial charge in [-0.1, -0.05) is 18.6 Å². The molecule has 0 radical (unpaired) electrons. The van der Waals surface area contributed by atoms with Gasteiger partial charge in [0, 0.05) is 5.88 Å². The molecule has 0 heterocycles. The van der Waals surface area contributed by atoms with Crippen LogP contribution in [0, 0.1) is 5.41 Å². The average molecular weight is 339 g/mol. The van der Waals surface area contributed by atoms with Gasteiger partial charge in [0.25, 0.3) is 0 Å². The lowest BCUT2D eigenvalue weighted by molar-refractivity contribution is -0.149. The number of esters is 1. The number of hydrogen-bond donors (Lipinski definition) is 1. The van der Waals surface area contributed by atoms with Crippen molar-refractivity contribution < 1.29 is 19.4 Å². The fraction of sp³-hybridized carbons (Fsp3) is 0.556. The first-order valence-corrected chi connectivity index (χ1v) is 8.53. The summed E-state index contributed by atoms with van der Waals surface area (Å²) < 4.78 is 4.69. The van der Waals surface area contributed by atoms with E-state index in [1.165, 1.54) is 7.11 Å². The van der Waals surface area contributed by atoms with Gasteiger partial charge >= 0.3 is 11.9 Å². The van der Waals surface area contributed by atoms with Gasteiger partial charge in [-0.05, 0) is 55.7 Å². The normalized spacial score (nSPS) is 23.7. The van der Waals surface area contributed by atoms with Crippen LogP contribution in [0.4, 0.5) is 0 Å². The second-order valence-electron chi connectivity index (χ2n) is 6.28. The van der Waals surface area contributed by atoms with Crippen molar-refractivity contribution in [2.45, 2.75) is 44.4 Å². The van der Waals surface area contributed by atoms with Crippen LogP contribution >= 0.6 is 11.6 Å². The van der Waals surface area contributed by atoms with Crippen molar-refractivity contribution in [1.29, 1.82) is 0 Å². The average Bonchev–Trinajstić information content (AvgIpc) is 3.00. The Kier molecular flexibility index (Phi) is 6.05. The Morgan fingerprint density at radius 2 is 2.00 bits per heavy atom. The van der Waals surface area contributed by atoms with E-state index in [1.807, 2.05) is 12.1 Å². The monoisotopic (exact) mass is 338 g/mol. The second-order valence-corrected chi connectivity index (χ2v) is 6.66. The molecule has 0 amide bonds. The van der Waals surface area contributed by atoms with Crippen LogP contribution in [-0.2, 0) is 9.53 Å². The maximum Gasteiger partial charge on any atom is 0.337 e. The van der Waals surface area contributed by atoms with E-state index in [-0.39, 0.29) is 11.9 Å². The summed E-state index contributed by atoms with van der Waals surface area (Å²) in [5.41, 5.74) is 0.983. The lowest BCUT2D eigenvalue weighted by Gasteiger charge is -2.24. The number of unbranched alkanes of at least 4 members (excludes halogenated alkanes) is 1. The van der Waals surface area contributed by atoms with E-state index in [0.717, 1.165) is 24.8 Å². The first-order valence-electron chi connectivity index (χ1n) is 8.00. The number of carbonyl (C=O) groups excluding carboxylic acids is 1. The highest BCUT2D eigenvalue weighted by Crippen LogP contribution is 2.49. The van der Waals surface area contributed by atoms with E-state index >= 15 is 0 Å². The minimum Gasteiger partial charge on any atom is -0.481 e. The molecular formula is C18H23ClO4. The first kappa shape index (κ1) is 17.8. The number of aliphatic carboxylic acids is 1. The van der Waals surface area contributed by atoms with Crippen LogP contribution in [0.15, 0.2) is 24.3 Å². The molecule has 1 aromatic rings. The van der Waals surface area contributed by atoms with Crippen LogP contribution in [0.5, 0.6) is 0 Å². The van der Waals surface area contributed by atoms with Gasteiger partial charge < -0.3 is 9.84 Å². The molecule has 0 bridgehead atoms. The maximum absolute atomic E-state index is 11.8. The van der Waals surface area contributed by atoms with Crippen LogP contribution < -0.4 is 0 Å². The smallest absolute Gasteiger partial charge is 0.337 e. The Labute approximate surface area is 141 Å². The molecule has 1 aromatic carbocycles. The van der Waals surface area contributed by atoms with Gasteiger partial charge in [0.15, 0.2) is 0 Å². The number of methoxy groups -OCH3 is 1. The van der Waals surface area contributed by atoms with Gasteiger partial charge in [-0.25, -0.2) is 4.79 Å². The van der Waals surface area contributed by atoms with E-state index in [1.54, 1.807) is 12.1 Å². The number of hydrogen-bond acceptors (Lipinski definition) is 3. The summed E-state index contributed by atoms with van der Waals surface area (Å²) in [7, 11) is 1.36. The topological polar surface area (TPSA) is 63.6 Å². The van der Waals surface area contributed by atoms with Gasteiger partial charge in [0.1, 0.15) is 0 Å². The molecule has 2 unspecified atom stereocenters. The molecule has 1 aliphatic rings. The Bertz CT molecular complexity index is 555. The molecular weight excluding hydrogens is 316 g/mol. The molecule has 1 aliphatic carbocycles. The number of ether oxygens (including phenoxy) is 1. The quantitative estimate of drug-likeness (QED) is 0.459. The summed E-state index contributed by atoms with van der Waals surface area (Å²) in [5, 5.41) is 9.68. The van der Waals surface area contributed by atoms with E-state index in [9.17, 15) is 14.7 Å². The molecule has 1 N–H and O–H groups in total. The highest BCUT2D eigenvalue weighted by atomic mass is 35.5. The zero-order valence-electron chi connectivity index (χ0n) is 13.4. The van der Waals surface area contributed by atoms with Crippen molar-refractivity contribution in [3.05, 3.63) is 35.4 Å². The Balaban J connectivity index is 2.07. The summed E-state index contributed by atoms with van der Waals surface area (Å²) in [5.74, 6) is -0.243. The molecule has 0 saturated heterocycles. The lowest BCUT2D eigenvalue weighted by atomic mass is 9.79. The summed E-state index contributed by atoms with van der Waals surface area (Å²) in [6.45, 7) is 0. The van der Waals surface area contributed by atoms with Crippen molar-refractivity contribution in [3.8, 4) is 0 Å². The Hall–Kier alpha value is -1.55. The number of benzene rings is 1. The number of carbonyl (C=O) groups is 2. The van der Waals surface area contributed by atoms with Crippen LogP contribution in [0.1, 0.15) is 60.4 Å². The van der Waals surface area contributed by atoms with E-state index in [2.05, 4.69) is 0 Å². The number of alkyl halides is 1. The molecule has 2 rings (SSSR count). The molecule has 5 heteroatoms. The number of carboxylic acid groups (broad SMARTS) is 1. The Morgan fingerprint density at radius 1 is 1.30 bits per heavy atom.